The Kier molecular flexibility index (Phi) is 6.35. The molecule has 0 radical (unpaired) electrons. The van der Waals surface area contributed by atoms with E-state index in [9.17, 15) is 14.4 Å². The van der Waals surface area contributed by atoms with Crippen LogP contribution in [0.4, 0.5) is 0 Å². The number of nitrogens with two attached hydrogens (primary N) is 1. The van der Waals surface area contributed by atoms with Crippen LogP contribution in [0.25, 0.3) is 0 Å². The van der Waals surface area contributed by atoms with Crippen molar-refractivity contribution in [3.05, 3.63) is 70.8 Å². The highest BCUT2D eigenvalue weighted by atomic mass is 35.5. The summed E-state index contributed by atoms with van der Waals surface area (Å²) in [5.74, 6) is -0.400. The van der Waals surface area contributed by atoms with Gasteiger partial charge < -0.3 is 10.6 Å². The van der Waals surface area contributed by atoms with E-state index in [1.54, 1.807) is 23.1 Å². The fourth-order valence-electron chi connectivity index (χ4n) is 3.90. The Morgan fingerprint density at radius 2 is 1.76 bits per heavy atom. The molecule has 1 fully saturated rings. The van der Waals surface area contributed by atoms with E-state index in [2.05, 4.69) is 0 Å². The highest BCUT2D eigenvalue weighted by molar-refractivity contribution is 6.22. The van der Waals surface area contributed by atoms with Crippen molar-refractivity contribution in [2.45, 2.75) is 12.8 Å². The van der Waals surface area contributed by atoms with Crippen molar-refractivity contribution in [2.24, 2.45) is 11.7 Å². The van der Waals surface area contributed by atoms with Crippen LogP contribution in [0.5, 0.6) is 0 Å². The zero-order valence-corrected chi connectivity index (χ0v) is 16.9. The van der Waals surface area contributed by atoms with Crippen molar-refractivity contribution in [2.75, 3.05) is 26.2 Å². The van der Waals surface area contributed by atoms with Crippen molar-refractivity contribution in [3.8, 4) is 0 Å². The summed E-state index contributed by atoms with van der Waals surface area (Å²) in [6.07, 6.45) is 1.50. The average molecular weight is 414 g/mol. The number of halogens is 1. The molecule has 0 saturated carbocycles. The third-order valence-electron chi connectivity index (χ3n) is 5.59. The Labute approximate surface area is 176 Å². The van der Waals surface area contributed by atoms with Gasteiger partial charge in [-0.05, 0) is 49.1 Å². The summed E-state index contributed by atoms with van der Waals surface area (Å²) < 4.78 is 0. The van der Waals surface area contributed by atoms with Crippen molar-refractivity contribution in [1.82, 2.24) is 9.80 Å². The van der Waals surface area contributed by atoms with Crippen molar-refractivity contribution in [3.63, 3.8) is 0 Å². The van der Waals surface area contributed by atoms with Gasteiger partial charge >= 0.3 is 0 Å². The van der Waals surface area contributed by atoms with Gasteiger partial charge in [-0.2, -0.15) is 0 Å². The second kappa shape index (κ2) is 8.76. The summed E-state index contributed by atoms with van der Waals surface area (Å²) in [4.78, 5) is 41.2. The maximum Gasteiger partial charge on any atom is 0.261 e. The molecule has 2 heterocycles. The molecule has 0 spiro atoms. The average Bonchev–Trinajstić information content (AvgIpc) is 3.30. The minimum Gasteiger partial charge on any atom is -0.338 e. The van der Waals surface area contributed by atoms with Crippen LogP contribution in [0, 0.1) is 5.92 Å². The lowest BCUT2D eigenvalue weighted by molar-refractivity contribution is 0.0655. The molecule has 3 amide bonds. The molecule has 2 aromatic rings. The summed E-state index contributed by atoms with van der Waals surface area (Å²) in [6.45, 7) is 2.21. The molecule has 0 aromatic heterocycles. The van der Waals surface area contributed by atoms with Crippen molar-refractivity contribution in [1.29, 1.82) is 0 Å². The SMILES string of the molecule is Cl.NCC1CCN(C(=O)c2ccc3c(c2)C(=O)N(CCc2ccccc2)C3=O)C1. The number of carbonyl (C=O) groups excluding carboxylic acids is 3. The number of fused-ring (bicyclic) bond motifs is 1. The van der Waals surface area contributed by atoms with E-state index in [1.165, 1.54) is 4.90 Å². The topological polar surface area (TPSA) is 83.7 Å². The molecule has 4 rings (SSSR count). The van der Waals surface area contributed by atoms with Crippen LogP contribution in [0.3, 0.4) is 0 Å². The van der Waals surface area contributed by atoms with E-state index in [4.69, 9.17) is 5.73 Å². The van der Waals surface area contributed by atoms with E-state index < -0.39 is 0 Å². The minimum absolute atomic E-state index is 0. The smallest absolute Gasteiger partial charge is 0.261 e. The Hall–Kier alpha value is -2.70. The van der Waals surface area contributed by atoms with Crippen LogP contribution in [0.15, 0.2) is 48.5 Å². The third-order valence-corrected chi connectivity index (χ3v) is 5.59. The first-order valence-corrected chi connectivity index (χ1v) is 9.62. The second-order valence-corrected chi connectivity index (χ2v) is 7.40. The Morgan fingerprint density at radius 1 is 1.03 bits per heavy atom. The molecule has 29 heavy (non-hydrogen) atoms. The number of imide groups is 1. The zero-order chi connectivity index (χ0) is 19.7. The number of benzene rings is 2. The summed E-state index contributed by atoms with van der Waals surface area (Å²) in [7, 11) is 0. The minimum atomic E-state index is -0.327. The predicted molar refractivity (Wildman–Crippen MR) is 112 cm³/mol. The summed E-state index contributed by atoms with van der Waals surface area (Å²) in [6, 6.07) is 14.5. The highest BCUT2D eigenvalue weighted by Gasteiger charge is 2.36. The molecule has 2 aromatic carbocycles. The van der Waals surface area contributed by atoms with E-state index in [1.807, 2.05) is 30.3 Å². The molecule has 2 aliphatic heterocycles. The Morgan fingerprint density at radius 3 is 2.45 bits per heavy atom. The van der Waals surface area contributed by atoms with Crippen LogP contribution in [-0.2, 0) is 6.42 Å². The molecule has 0 aliphatic carbocycles. The first-order valence-electron chi connectivity index (χ1n) is 9.62. The number of amides is 3. The van der Waals surface area contributed by atoms with Gasteiger partial charge in [0.2, 0.25) is 0 Å². The fourth-order valence-corrected chi connectivity index (χ4v) is 3.90. The zero-order valence-electron chi connectivity index (χ0n) is 16.0. The first kappa shape index (κ1) is 21.0. The number of nitrogens with zero attached hydrogens (tertiary/aromatic N) is 2. The molecular weight excluding hydrogens is 390 g/mol. The Balaban J connectivity index is 0.00000240. The lowest BCUT2D eigenvalue weighted by atomic mass is 10.0. The number of carbonyl (C=O) groups is 3. The van der Waals surface area contributed by atoms with Crippen LogP contribution < -0.4 is 5.73 Å². The second-order valence-electron chi connectivity index (χ2n) is 7.40. The van der Waals surface area contributed by atoms with Crippen LogP contribution in [0.2, 0.25) is 0 Å². The number of hydrogen-bond donors (Lipinski definition) is 1. The molecule has 2 N–H and O–H groups in total. The maximum absolute atomic E-state index is 12.8. The third kappa shape index (κ3) is 4.04. The molecule has 6 nitrogen and oxygen atoms in total. The molecule has 1 saturated heterocycles. The molecule has 7 heteroatoms. The van der Waals surface area contributed by atoms with E-state index in [0.717, 1.165) is 12.0 Å². The van der Waals surface area contributed by atoms with E-state index in [-0.39, 0.29) is 30.1 Å². The largest absolute Gasteiger partial charge is 0.338 e. The molecular formula is C22H24ClN3O3. The summed E-state index contributed by atoms with van der Waals surface area (Å²) in [5, 5.41) is 0. The van der Waals surface area contributed by atoms with E-state index in [0.29, 0.717) is 55.2 Å². The molecule has 0 bridgehead atoms. The number of likely N-dealkylation sites (tertiary alicyclic amines) is 1. The summed E-state index contributed by atoms with van der Waals surface area (Å²) >= 11 is 0. The van der Waals surface area contributed by atoms with E-state index >= 15 is 0 Å². The van der Waals surface area contributed by atoms with Gasteiger partial charge in [0, 0.05) is 25.2 Å². The predicted octanol–water partition coefficient (Wildman–Crippen LogP) is 2.37. The quantitative estimate of drug-likeness (QED) is 0.763. The van der Waals surface area contributed by atoms with Crippen LogP contribution in [0.1, 0.15) is 43.1 Å². The van der Waals surface area contributed by atoms with Gasteiger partial charge in [0.1, 0.15) is 0 Å². The van der Waals surface area contributed by atoms with Gasteiger partial charge in [0.25, 0.3) is 17.7 Å². The van der Waals surface area contributed by atoms with Gasteiger partial charge in [0.05, 0.1) is 11.1 Å². The van der Waals surface area contributed by atoms with Gasteiger partial charge in [-0.1, -0.05) is 30.3 Å². The van der Waals surface area contributed by atoms with Crippen LogP contribution in [-0.4, -0.2) is 53.7 Å². The lowest BCUT2D eigenvalue weighted by Gasteiger charge is -2.16. The first-order chi connectivity index (χ1) is 13.6. The van der Waals surface area contributed by atoms with Gasteiger partial charge in [-0.15, -0.1) is 12.4 Å². The van der Waals surface area contributed by atoms with Gasteiger partial charge in [-0.25, -0.2) is 0 Å². The van der Waals surface area contributed by atoms with Gasteiger partial charge in [0.15, 0.2) is 0 Å². The highest BCUT2D eigenvalue weighted by Crippen LogP contribution is 2.26. The fraction of sp³-hybridized carbons (Fsp3) is 0.318. The molecule has 1 unspecified atom stereocenters. The maximum atomic E-state index is 12.8. The van der Waals surface area contributed by atoms with Crippen molar-refractivity contribution >= 4 is 30.1 Å². The monoisotopic (exact) mass is 413 g/mol. The molecule has 152 valence electrons. The normalized spacial score (nSPS) is 18.0. The van der Waals surface area contributed by atoms with Crippen LogP contribution >= 0.6 is 12.4 Å². The molecule has 1 atom stereocenters. The molecule has 2 aliphatic rings. The number of rotatable bonds is 5. The number of hydrogen-bond acceptors (Lipinski definition) is 4. The standard InChI is InChI=1S/C22H23N3O3.ClH/c23-13-16-8-10-24(14-16)20(26)17-6-7-18-19(12-17)22(28)25(21(18)27)11-9-15-4-2-1-3-5-15;/h1-7,12,16H,8-11,13-14,23H2;1H. The summed E-state index contributed by atoms with van der Waals surface area (Å²) in [5.41, 5.74) is 7.91. The Bertz CT molecular complexity index is 932. The lowest BCUT2D eigenvalue weighted by Crippen LogP contribution is -2.31. The van der Waals surface area contributed by atoms with Gasteiger partial charge in [-0.3, -0.25) is 19.3 Å². The van der Waals surface area contributed by atoms with Crippen molar-refractivity contribution < 1.29 is 14.4 Å².